The zero-order valence-corrected chi connectivity index (χ0v) is 6.24. The standard InChI is InChI=1S/C8H8N2O/c1-2-6-3-4-9-7-5-10-11-8(6)7/h3-5H,2H2,1H3. The molecule has 3 heteroatoms. The van der Waals surface area contributed by atoms with E-state index in [0.29, 0.717) is 0 Å². The molecule has 56 valence electrons. The molecule has 0 radical (unpaired) electrons. The Bertz CT molecular complexity index is 367. The molecule has 0 saturated heterocycles. The molecule has 3 nitrogen and oxygen atoms in total. The first-order valence-electron chi connectivity index (χ1n) is 3.60. The van der Waals surface area contributed by atoms with Crippen LogP contribution in [0.4, 0.5) is 0 Å². The Kier molecular flexibility index (Phi) is 1.35. The molecule has 2 aromatic rings. The van der Waals surface area contributed by atoms with Crippen LogP contribution in [-0.4, -0.2) is 10.1 Å². The molecule has 0 unspecified atom stereocenters. The van der Waals surface area contributed by atoms with Gasteiger partial charge in [-0.25, -0.2) is 0 Å². The van der Waals surface area contributed by atoms with Crippen molar-refractivity contribution in [3.05, 3.63) is 24.0 Å². The lowest BCUT2D eigenvalue weighted by Gasteiger charge is -1.92. The minimum absolute atomic E-state index is 0.815. The summed E-state index contributed by atoms with van der Waals surface area (Å²) in [6.45, 7) is 2.08. The van der Waals surface area contributed by atoms with Crippen LogP contribution >= 0.6 is 0 Å². The van der Waals surface area contributed by atoms with Crippen molar-refractivity contribution in [3.63, 3.8) is 0 Å². The summed E-state index contributed by atoms with van der Waals surface area (Å²) in [4.78, 5) is 4.09. The number of rotatable bonds is 1. The van der Waals surface area contributed by atoms with Gasteiger partial charge in [-0.05, 0) is 12.5 Å². The average Bonchev–Trinajstić information content (AvgIpc) is 2.50. The number of fused-ring (bicyclic) bond motifs is 1. The van der Waals surface area contributed by atoms with Crippen LogP contribution in [0.15, 0.2) is 23.0 Å². The summed E-state index contributed by atoms with van der Waals surface area (Å²) < 4.78 is 5.03. The number of hydrogen-bond donors (Lipinski definition) is 0. The van der Waals surface area contributed by atoms with Gasteiger partial charge in [0.25, 0.3) is 0 Å². The molecule has 0 aliphatic rings. The van der Waals surface area contributed by atoms with Crippen LogP contribution in [-0.2, 0) is 6.42 Å². The van der Waals surface area contributed by atoms with E-state index in [9.17, 15) is 0 Å². The lowest BCUT2D eigenvalue weighted by Crippen LogP contribution is -1.81. The lowest BCUT2D eigenvalue weighted by atomic mass is 10.2. The summed E-state index contributed by atoms with van der Waals surface area (Å²) in [5, 5.41) is 3.67. The fraction of sp³-hybridized carbons (Fsp3) is 0.250. The maximum absolute atomic E-state index is 5.03. The first-order chi connectivity index (χ1) is 5.42. The molecule has 0 aromatic carbocycles. The van der Waals surface area contributed by atoms with E-state index >= 15 is 0 Å². The minimum Gasteiger partial charge on any atom is -0.354 e. The smallest absolute Gasteiger partial charge is 0.188 e. The molecule has 0 amide bonds. The molecule has 2 rings (SSSR count). The van der Waals surface area contributed by atoms with Crippen LogP contribution in [0.5, 0.6) is 0 Å². The first-order valence-corrected chi connectivity index (χ1v) is 3.60. The topological polar surface area (TPSA) is 38.9 Å². The number of hydrogen-bond acceptors (Lipinski definition) is 3. The van der Waals surface area contributed by atoms with E-state index in [4.69, 9.17) is 4.52 Å². The number of pyridine rings is 1. The molecule has 0 fully saturated rings. The van der Waals surface area contributed by atoms with E-state index in [1.807, 2.05) is 6.07 Å². The Morgan fingerprint density at radius 1 is 1.55 bits per heavy atom. The summed E-state index contributed by atoms with van der Waals surface area (Å²) in [6.07, 6.45) is 4.36. The van der Waals surface area contributed by atoms with E-state index in [-0.39, 0.29) is 0 Å². The van der Waals surface area contributed by atoms with Crippen molar-refractivity contribution in [2.24, 2.45) is 0 Å². The van der Waals surface area contributed by atoms with E-state index in [2.05, 4.69) is 17.1 Å². The third-order valence-corrected chi connectivity index (χ3v) is 1.71. The van der Waals surface area contributed by atoms with Gasteiger partial charge in [-0.2, -0.15) is 0 Å². The first kappa shape index (κ1) is 6.34. The Morgan fingerprint density at radius 3 is 3.27 bits per heavy atom. The van der Waals surface area contributed by atoms with E-state index in [1.54, 1.807) is 12.4 Å². The molecule has 0 aliphatic heterocycles. The summed E-state index contributed by atoms with van der Waals surface area (Å²) in [5.41, 5.74) is 2.81. The monoisotopic (exact) mass is 148 g/mol. The third-order valence-electron chi connectivity index (χ3n) is 1.71. The molecule has 0 aliphatic carbocycles. The predicted octanol–water partition coefficient (Wildman–Crippen LogP) is 1.79. The van der Waals surface area contributed by atoms with Gasteiger partial charge >= 0.3 is 0 Å². The summed E-state index contributed by atoms with van der Waals surface area (Å²) in [7, 11) is 0. The highest BCUT2D eigenvalue weighted by Crippen LogP contribution is 2.15. The molecule has 2 heterocycles. The van der Waals surface area contributed by atoms with Crippen LogP contribution in [0.2, 0.25) is 0 Å². The van der Waals surface area contributed by atoms with Crippen LogP contribution in [0.25, 0.3) is 11.1 Å². The Labute approximate surface area is 64.0 Å². The number of nitrogens with zero attached hydrogens (tertiary/aromatic N) is 2. The molecular formula is C8H8N2O. The quantitative estimate of drug-likeness (QED) is 0.618. The van der Waals surface area contributed by atoms with Crippen molar-refractivity contribution in [1.29, 1.82) is 0 Å². The molecule has 0 spiro atoms. The second kappa shape index (κ2) is 2.34. The fourth-order valence-electron chi connectivity index (χ4n) is 1.11. The maximum atomic E-state index is 5.03. The third kappa shape index (κ3) is 0.888. The molecular weight excluding hydrogens is 140 g/mol. The number of aryl methyl sites for hydroxylation is 1. The second-order valence-corrected chi connectivity index (χ2v) is 2.36. The van der Waals surface area contributed by atoms with Crippen molar-refractivity contribution in [3.8, 4) is 0 Å². The molecule has 0 N–H and O–H groups in total. The van der Waals surface area contributed by atoms with E-state index in [1.165, 1.54) is 0 Å². The van der Waals surface area contributed by atoms with E-state index < -0.39 is 0 Å². The summed E-state index contributed by atoms with van der Waals surface area (Å²) in [5.74, 6) is 0. The Hall–Kier alpha value is -1.38. The van der Waals surface area contributed by atoms with Crippen molar-refractivity contribution in [2.45, 2.75) is 13.3 Å². The van der Waals surface area contributed by atoms with Gasteiger partial charge in [-0.3, -0.25) is 4.98 Å². The van der Waals surface area contributed by atoms with Crippen molar-refractivity contribution in [2.75, 3.05) is 0 Å². The highest BCUT2D eigenvalue weighted by Gasteiger charge is 2.02. The molecule has 0 saturated carbocycles. The maximum Gasteiger partial charge on any atom is 0.188 e. The lowest BCUT2D eigenvalue weighted by molar-refractivity contribution is 0.454. The summed E-state index contributed by atoms with van der Waals surface area (Å²) >= 11 is 0. The molecule has 2 aromatic heterocycles. The average molecular weight is 148 g/mol. The largest absolute Gasteiger partial charge is 0.354 e. The molecule has 0 bridgehead atoms. The van der Waals surface area contributed by atoms with Gasteiger partial charge in [-0.1, -0.05) is 12.1 Å². The minimum atomic E-state index is 0.815. The van der Waals surface area contributed by atoms with Crippen LogP contribution in [0, 0.1) is 0 Å². The van der Waals surface area contributed by atoms with Gasteiger partial charge in [-0.15, -0.1) is 0 Å². The number of aromatic nitrogens is 2. The van der Waals surface area contributed by atoms with Crippen LogP contribution < -0.4 is 0 Å². The molecule has 0 atom stereocenters. The fourth-order valence-corrected chi connectivity index (χ4v) is 1.11. The van der Waals surface area contributed by atoms with Crippen molar-refractivity contribution >= 4 is 11.1 Å². The van der Waals surface area contributed by atoms with Gasteiger partial charge in [0.1, 0.15) is 5.52 Å². The van der Waals surface area contributed by atoms with Crippen molar-refractivity contribution < 1.29 is 4.52 Å². The highest BCUT2D eigenvalue weighted by molar-refractivity contribution is 5.74. The second-order valence-electron chi connectivity index (χ2n) is 2.36. The van der Waals surface area contributed by atoms with Crippen LogP contribution in [0.3, 0.4) is 0 Å². The van der Waals surface area contributed by atoms with Gasteiger partial charge in [0.15, 0.2) is 5.58 Å². The van der Waals surface area contributed by atoms with E-state index in [0.717, 1.165) is 23.1 Å². The SMILES string of the molecule is CCc1ccnc2cnoc12. The highest BCUT2D eigenvalue weighted by atomic mass is 16.5. The molecule has 11 heavy (non-hydrogen) atoms. The van der Waals surface area contributed by atoms with Crippen LogP contribution in [0.1, 0.15) is 12.5 Å². The Balaban J connectivity index is 2.79. The van der Waals surface area contributed by atoms with Crippen molar-refractivity contribution in [1.82, 2.24) is 10.1 Å². The van der Waals surface area contributed by atoms with Gasteiger partial charge in [0.05, 0.1) is 6.20 Å². The summed E-state index contributed by atoms with van der Waals surface area (Å²) in [6, 6.07) is 1.95. The Morgan fingerprint density at radius 2 is 2.45 bits per heavy atom. The van der Waals surface area contributed by atoms with Gasteiger partial charge in [0.2, 0.25) is 0 Å². The van der Waals surface area contributed by atoms with Gasteiger partial charge < -0.3 is 4.52 Å². The van der Waals surface area contributed by atoms with Gasteiger partial charge in [0, 0.05) is 11.8 Å². The normalized spacial score (nSPS) is 10.6. The predicted molar refractivity (Wildman–Crippen MR) is 41.2 cm³/mol. The zero-order valence-electron chi connectivity index (χ0n) is 6.24. The zero-order chi connectivity index (χ0) is 7.68.